The molecule has 2 rings (SSSR count). The smallest absolute Gasteiger partial charge is 0.137 e. The minimum Gasteiger partial charge on any atom is -0.329 e. The maximum Gasteiger partial charge on any atom is 0.137 e. The van der Waals surface area contributed by atoms with E-state index >= 15 is 0 Å². The summed E-state index contributed by atoms with van der Waals surface area (Å²) >= 11 is 3.20. The second-order valence-electron chi connectivity index (χ2n) is 6.17. The third kappa shape index (κ3) is 4.49. The van der Waals surface area contributed by atoms with Crippen LogP contribution >= 0.6 is 15.9 Å². The zero-order valence-electron chi connectivity index (χ0n) is 12.9. The maximum atomic E-state index is 13.7. The lowest BCUT2D eigenvalue weighted by Gasteiger charge is -2.38. The van der Waals surface area contributed by atoms with Gasteiger partial charge in [-0.1, -0.05) is 6.07 Å². The molecule has 2 N–H and O–H groups in total. The first-order chi connectivity index (χ1) is 10.0. The molecule has 118 valence electrons. The summed E-state index contributed by atoms with van der Waals surface area (Å²) in [6, 6.07) is 5.46. The van der Waals surface area contributed by atoms with Crippen molar-refractivity contribution in [2.45, 2.75) is 18.9 Å². The van der Waals surface area contributed by atoms with Crippen LogP contribution in [0.25, 0.3) is 0 Å². The van der Waals surface area contributed by atoms with Crippen LogP contribution in [-0.4, -0.2) is 50.1 Å². The van der Waals surface area contributed by atoms with Crippen molar-refractivity contribution in [2.24, 2.45) is 11.7 Å². The Morgan fingerprint density at radius 3 is 2.57 bits per heavy atom. The van der Waals surface area contributed by atoms with Gasteiger partial charge >= 0.3 is 0 Å². The van der Waals surface area contributed by atoms with Crippen molar-refractivity contribution >= 4 is 15.9 Å². The number of hydrogen-bond donors (Lipinski definition) is 1. The lowest BCUT2D eigenvalue weighted by Crippen LogP contribution is -2.41. The van der Waals surface area contributed by atoms with Gasteiger partial charge in [0.1, 0.15) is 5.82 Å². The number of rotatable bonds is 5. The van der Waals surface area contributed by atoms with Crippen molar-refractivity contribution in [1.29, 1.82) is 0 Å². The van der Waals surface area contributed by atoms with Crippen LogP contribution < -0.4 is 5.73 Å². The van der Waals surface area contributed by atoms with Gasteiger partial charge in [-0.05, 0) is 79.6 Å². The first kappa shape index (κ1) is 16.9. The average Bonchev–Trinajstić information content (AvgIpc) is 2.45. The Bertz CT molecular complexity index is 459. The van der Waals surface area contributed by atoms with Crippen LogP contribution in [0.3, 0.4) is 0 Å². The van der Waals surface area contributed by atoms with E-state index < -0.39 is 0 Å². The normalized spacial score (nSPS) is 19.1. The molecule has 1 aliphatic heterocycles. The minimum absolute atomic E-state index is 0.118. The predicted molar refractivity (Wildman–Crippen MR) is 88.7 cm³/mol. The molecule has 1 aliphatic rings. The monoisotopic (exact) mass is 357 g/mol. The topological polar surface area (TPSA) is 32.5 Å². The zero-order chi connectivity index (χ0) is 15.4. The average molecular weight is 358 g/mol. The number of halogens is 2. The van der Waals surface area contributed by atoms with E-state index in [1.165, 1.54) is 12.8 Å². The van der Waals surface area contributed by atoms with Gasteiger partial charge < -0.3 is 10.6 Å². The number of likely N-dealkylation sites (tertiary alicyclic amines) is 1. The quantitative estimate of drug-likeness (QED) is 0.879. The number of hydrogen-bond acceptors (Lipinski definition) is 3. The third-order valence-corrected chi connectivity index (χ3v) is 4.91. The molecule has 0 spiro atoms. The Kier molecular flexibility index (Phi) is 6.17. The summed E-state index contributed by atoms with van der Waals surface area (Å²) in [6.07, 6.45) is 2.38. The maximum absolute atomic E-state index is 13.7. The van der Waals surface area contributed by atoms with Crippen LogP contribution in [-0.2, 0) is 0 Å². The highest BCUT2D eigenvalue weighted by Gasteiger charge is 2.26. The van der Waals surface area contributed by atoms with Crippen LogP contribution in [0.1, 0.15) is 24.4 Å². The summed E-state index contributed by atoms with van der Waals surface area (Å²) in [4.78, 5) is 4.65. The second-order valence-corrected chi connectivity index (χ2v) is 7.02. The summed E-state index contributed by atoms with van der Waals surface area (Å²) in [5, 5.41) is 0. The summed E-state index contributed by atoms with van der Waals surface area (Å²) in [5.41, 5.74) is 6.93. The molecular weight excluding hydrogens is 333 g/mol. The molecule has 0 aromatic heterocycles. The highest BCUT2D eigenvalue weighted by atomic mass is 79.9. The lowest BCUT2D eigenvalue weighted by molar-refractivity contribution is 0.122. The van der Waals surface area contributed by atoms with Crippen LogP contribution in [0.2, 0.25) is 0 Å². The molecule has 21 heavy (non-hydrogen) atoms. The first-order valence-corrected chi connectivity index (χ1v) is 8.34. The fourth-order valence-corrected chi connectivity index (χ4v) is 3.43. The van der Waals surface area contributed by atoms with Gasteiger partial charge in [-0.3, -0.25) is 4.90 Å². The Labute approximate surface area is 135 Å². The van der Waals surface area contributed by atoms with Gasteiger partial charge in [-0.2, -0.15) is 0 Å². The molecule has 5 heteroatoms. The van der Waals surface area contributed by atoms with E-state index in [9.17, 15) is 4.39 Å². The lowest BCUT2D eigenvalue weighted by atomic mass is 9.94. The Morgan fingerprint density at radius 1 is 1.38 bits per heavy atom. The van der Waals surface area contributed by atoms with Gasteiger partial charge in [0.15, 0.2) is 0 Å². The summed E-state index contributed by atoms with van der Waals surface area (Å²) < 4.78 is 14.2. The number of piperidine rings is 1. The van der Waals surface area contributed by atoms with Crippen LogP contribution in [0.4, 0.5) is 4.39 Å². The van der Waals surface area contributed by atoms with Crippen molar-refractivity contribution < 1.29 is 4.39 Å². The summed E-state index contributed by atoms with van der Waals surface area (Å²) in [7, 11) is 4.25. The largest absolute Gasteiger partial charge is 0.329 e. The van der Waals surface area contributed by atoms with E-state index in [2.05, 4.69) is 39.8 Å². The standard InChI is InChI=1S/C16H25BrFN3/c1-20(2)11-12-5-7-21(8-6-12)16(10-19)13-3-4-14(17)15(18)9-13/h3-4,9,12,16H,5-8,10-11,19H2,1-2H3. The molecule has 1 aromatic carbocycles. The van der Waals surface area contributed by atoms with Crippen LogP contribution in [0.5, 0.6) is 0 Å². The Hall–Kier alpha value is -0.490. The molecule has 1 saturated heterocycles. The molecule has 1 aromatic rings. The van der Waals surface area contributed by atoms with E-state index in [-0.39, 0.29) is 11.9 Å². The highest BCUT2D eigenvalue weighted by molar-refractivity contribution is 9.10. The van der Waals surface area contributed by atoms with E-state index in [1.54, 1.807) is 12.1 Å². The molecule has 0 amide bonds. The molecule has 0 saturated carbocycles. The predicted octanol–water partition coefficient (Wildman–Crippen LogP) is 2.86. The molecule has 1 atom stereocenters. The van der Waals surface area contributed by atoms with Gasteiger partial charge in [-0.15, -0.1) is 0 Å². The third-order valence-electron chi connectivity index (χ3n) is 4.26. The van der Waals surface area contributed by atoms with Gasteiger partial charge in [0.25, 0.3) is 0 Å². The summed E-state index contributed by atoms with van der Waals surface area (Å²) in [6.45, 7) is 3.75. The van der Waals surface area contributed by atoms with Gasteiger partial charge in [0, 0.05) is 19.1 Å². The zero-order valence-corrected chi connectivity index (χ0v) is 14.4. The van der Waals surface area contributed by atoms with E-state index in [1.807, 2.05) is 6.07 Å². The molecule has 3 nitrogen and oxygen atoms in total. The molecular formula is C16H25BrFN3. The SMILES string of the molecule is CN(C)CC1CCN(C(CN)c2ccc(Br)c(F)c2)CC1. The van der Waals surface area contributed by atoms with Crippen LogP contribution in [0, 0.1) is 11.7 Å². The van der Waals surface area contributed by atoms with Crippen molar-refractivity contribution in [1.82, 2.24) is 9.80 Å². The van der Waals surface area contributed by atoms with Crippen molar-refractivity contribution in [3.63, 3.8) is 0 Å². The molecule has 1 unspecified atom stereocenters. The summed E-state index contributed by atoms with van der Waals surface area (Å²) in [5.74, 6) is 0.546. The Balaban J connectivity index is 2.00. The number of nitrogens with two attached hydrogens (primary N) is 1. The highest BCUT2D eigenvalue weighted by Crippen LogP contribution is 2.28. The van der Waals surface area contributed by atoms with E-state index in [0.29, 0.717) is 11.0 Å². The fourth-order valence-electron chi connectivity index (χ4n) is 3.18. The van der Waals surface area contributed by atoms with Gasteiger partial charge in [0.05, 0.1) is 4.47 Å². The minimum atomic E-state index is -0.214. The number of nitrogens with zero attached hydrogens (tertiary/aromatic N) is 2. The van der Waals surface area contributed by atoms with Crippen molar-refractivity contribution in [2.75, 3.05) is 40.3 Å². The molecule has 1 heterocycles. The van der Waals surface area contributed by atoms with Gasteiger partial charge in [0.2, 0.25) is 0 Å². The molecule has 0 bridgehead atoms. The van der Waals surface area contributed by atoms with E-state index in [4.69, 9.17) is 5.73 Å². The molecule has 1 fully saturated rings. The number of benzene rings is 1. The van der Waals surface area contributed by atoms with Crippen LogP contribution in [0.15, 0.2) is 22.7 Å². The second kappa shape index (κ2) is 7.68. The van der Waals surface area contributed by atoms with Gasteiger partial charge in [-0.25, -0.2) is 4.39 Å². The Morgan fingerprint density at radius 2 is 2.05 bits per heavy atom. The molecule has 0 radical (unpaired) electrons. The van der Waals surface area contributed by atoms with E-state index in [0.717, 1.165) is 31.1 Å². The first-order valence-electron chi connectivity index (χ1n) is 7.55. The van der Waals surface area contributed by atoms with Crippen molar-refractivity contribution in [3.05, 3.63) is 34.1 Å². The van der Waals surface area contributed by atoms with Crippen molar-refractivity contribution in [3.8, 4) is 0 Å². The molecule has 0 aliphatic carbocycles. The fraction of sp³-hybridized carbons (Fsp3) is 0.625.